The van der Waals surface area contributed by atoms with Crippen molar-refractivity contribution in [2.45, 2.75) is 24.7 Å². The molecule has 2 N–H and O–H groups in total. The SMILES string of the molecule is CC1CCN(C(=O)c2cc(S(=O)(=O)N(C)CC(=O)Nc3nccs3)c[nH]2)CC1. The summed E-state index contributed by atoms with van der Waals surface area (Å²) in [6.07, 6.45) is 4.70. The summed E-state index contributed by atoms with van der Waals surface area (Å²) in [6, 6.07) is 1.32. The molecule has 1 fully saturated rings. The van der Waals surface area contributed by atoms with Crippen molar-refractivity contribution >= 4 is 38.3 Å². The second kappa shape index (κ2) is 8.41. The molecular formula is C17H23N5O4S2. The van der Waals surface area contributed by atoms with Gasteiger partial charge in [0.1, 0.15) is 10.6 Å². The standard InChI is InChI=1S/C17H23N5O4S2/c1-12-3-6-22(7-4-12)16(24)14-9-13(10-19-14)28(25,26)21(2)11-15(23)20-17-18-5-8-27-17/h5,8-10,12,19H,3-4,6-7,11H2,1-2H3,(H,18,20,23). The van der Waals surface area contributed by atoms with E-state index in [1.165, 1.54) is 30.6 Å². The molecule has 0 radical (unpaired) electrons. The Labute approximate surface area is 167 Å². The van der Waals surface area contributed by atoms with Gasteiger partial charge in [-0.1, -0.05) is 6.92 Å². The number of anilines is 1. The number of thiazole rings is 1. The summed E-state index contributed by atoms with van der Waals surface area (Å²) in [5.41, 5.74) is 0.230. The number of carbonyl (C=O) groups excluding carboxylic acids is 2. The van der Waals surface area contributed by atoms with Gasteiger partial charge in [-0.2, -0.15) is 4.31 Å². The van der Waals surface area contributed by atoms with Crippen LogP contribution >= 0.6 is 11.3 Å². The van der Waals surface area contributed by atoms with Crippen LogP contribution in [0.1, 0.15) is 30.3 Å². The highest BCUT2D eigenvalue weighted by Gasteiger charge is 2.27. The molecule has 0 aliphatic carbocycles. The van der Waals surface area contributed by atoms with Crippen LogP contribution in [0.25, 0.3) is 0 Å². The fourth-order valence-electron chi connectivity index (χ4n) is 2.94. The Kier molecular flexibility index (Phi) is 6.16. The first-order chi connectivity index (χ1) is 13.3. The lowest BCUT2D eigenvalue weighted by molar-refractivity contribution is -0.116. The van der Waals surface area contributed by atoms with Gasteiger partial charge in [0.05, 0.1) is 6.54 Å². The Balaban J connectivity index is 1.65. The second-order valence-electron chi connectivity index (χ2n) is 6.87. The maximum Gasteiger partial charge on any atom is 0.270 e. The molecule has 11 heteroatoms. The summed E-state index contributed by atoms with van der Waals surface area (Å²) in [6.45, 7) is 3.12. The Morgan fingerprint density at radius 2 is 2.11 bits per heavy atom. The van der Waals surface area contributed by atoms with Crippen LogP contribution < -0.4 is 5.32 Å². The molecule has 2 aromatic rings. The van der Waals surface area contributed by atoms with Gasteiger partial charge in [0, 0.05) is 37.9 Å². The first-order valence-electron chi connectivity index (χ1n) is 8.90. The molecule has 0 bridgehead atoms. The van der Waals surface area contributed by atoms with Crippen molar-refractivity contribution in [1.29, 1.82) is 0 Å². The molecule has 0 unspecified atom stereocenters. The molecule has 0 saturated carbocycles. The van der Waals surface area contributed by atoms with E-state index in [0.717, 1.165) is 17.1 Å². The van der Waals surface area contributed by atoms with Crippen molar-refractivity contribution < 1.29 is 18.0 Å². The zero-order valence-electron chi connectivity index (χ0n) is 15.7. The van der Waals surface area contributed by atoms with E-state index in [-0.39, 0.29) is 23.0 Å². The lowest BCUT2D eigenvalue weighted by Gasteiger charge is -2.29. The summed E-state index contributed by atoms with van der Waals surface area (Å²) in [7, 11) is -2.59. The maximum absolute atomic E-state index is 12.7. The number of nitrogens with zero attached hydrogens (tertiary/aromatic N) is 3. The zero-order valence-corrected chi connectivity index (χ0v) is 17.3. The van der Waals surface area contributed by atoms with Gasteiger partial charge in [0.25, 0.3) is 5.91 Å². The molecule has 3 heterocycles. The maximum atomic E-state index is 12.7. The third-order valence-corrected chi connectivity index (χ3v) is 7.18. The van der Waals surface area contributed by atoms with E-state index < -0.39 is 15.9 Å². The van der Waals surface area contributed by atoms with Crippen LogP contribution in [0, 0.1) is 5.92 Å². The number of carbonyl (C=O) groups is 2. The molecule has 2 aromatic heterocycles. The van der Waals surface area contributed by atoms with E-state index in [1.807, 2.05) is 0 Å². The van der Waals surface area contributed by atoms with E-state index in [2.05, 4.69) is 22.2 Å². The number of hydrogen-bond donors (Lipinski definition) is 2. The molecule has 0 aromatic carbocycles. The van der Waals surface area contributed by atoms with Crippen LogP contribution in [0.5, 0.6) is 0 Å². The minimum Gasteiger partial charge on any atom is -0.356 e. The number of piperidine rings is 1. The Bertz CT molecular complexity index is 931. The first kappa shape index (κ1) is 20.5. The van der Waals surface area contributed by atoms with Crippen molar-refractivity contribution in [3.8, 4) is 0 Å². The third-order valence-electron chi connectivity index (χ3n) is 4.71. The number of amides is 2. The normalized spacial score (nSPS) is 15.8. The van der Waals surface area contributed by atoms with Crippen molar-refractivity contribution in [2.24, 2.45) is 5.92 Å². The van der Waals surface area contributed by atoms with E-state index in [9.17, 15) is 18.0 Å². The first-order valence-corrected chi connectivity index (χ1v) is 11.2. The number of nitrogens with one attached hydrogen (secondary N) is 2. The number of sulfonamides is 1. The summed E-state index contributed by atoms with van der Waals surface area (Å²) in [4.78, 5) is 33.0. The molecule has 9 nitrogen and oxygen atoms in total. The Hall–Kier alpha value is -2.24. The third kappa shape index (κ3) is 4.59. The van der Waals surface area contributed by atoms with Crippen LogP contribution in [0.2, 0.25) is 0 Å². The topological polar surface area (TPSA) is 115 Å². The van der Waals surface area contributed by atoms with Crippen LogP contribution in [0.3, 0.4) is 0 Å². The highest BCUT2D eigenvalue weighted by Crippen LogP contribution is 2.20. The summed E-state index contributed by atoms with van der Waals surface area (Å²) in [5, 5.41) is 4.65. The fraction of sp³-hybridized carbons (Fsp3) is 0.471. The number of H-pyrrole nitrogens is 1. The molecule has 1 aliphatic rings. The molecule has 28 heavy (non-hydrogen) atoms. The molecule has 2 amide bonds. The molecule has 1 aliphatic heterocycles. The number of likely N-dealkylation sites (tertiary alicyclic amines) is 1. The van der Waals surface area contributed by atoms with Crippen LogP contribution in [0.15, 0.2) is 28.7 Å². The van der Waals surface area contributed by atoms with Gasteiger partial charge in [0.2, 0.25) is 15.9 Å². The van der Waals surface area contributed by atoms with Crippen LogP contribution in [0.4, 0.5) is 5.13 Å². The summed E-state index contributed by atoms with van der Waals surface area (Å²) in [5.74, 6) is -0.111. The van der Waals surface area contributed by atoms with Crippen molar-refractivity contribution in [3.05, 3.63) is 29.5 Å². The van der Waals surface area contributed by atoms with Gasteiger partial charge in [-0.3, -0.25) is 9.59 Å². The molecule has 3 rings (SSSR count). The van der Waals surface area contributed by atoms with Crippen molar-refractivity contribution in [2.75, 3.05) is 32.0 Å². The van der Waals surface area contributed by atoms with Gasteiger partial charge in [0.15, 0.2) is 5.13 Å². The quantitative estimate of drug-likeness (QED) is 0.729. The highest BCUT2D eigenvalue weighted by atomic mass is 32.2. The van der Waals surface area contributed by atoms with E-state index in [0.29, 0.717) is 24.1 Å². The van der Waals surface area contributed by atoms with E-state index in [4.69, 9.17) is 0 Å². The fourth-order valence-corrected chi connectivity index (χ4v) is 4.61. The van der Waals surface area contributed by atoms with Crippen LogP contribution in [-0.2, 0) is 14.8 Å². The zero-order chi connectivity index (χ0) is 20.3. The molecule has 0 atom stereocenters. The largest absolute Gasteiger partial charge is 0.356 e. The summed E-state index contributed by atoms with van der Waals surface area (Å²) < 4.78 is 26.4. The van der Waals surface area contributed by atoms with E-state index in [1.54, 1.807) is 16.5 Å². The number of aromatic amines is 1. The molecule has 1 saturated heterocycles. The molecule has 152 valence electrons. The lowest BCUT2D eigenvalue weighted by Crippen LogP contribution is -2.38. The minimum absolute atomic E-state index is 0.0502. The number of likely N-dealkylation sites (N-methyl/N-ethyl adjacent to an activating group) is 1. The predicted octanol–water partition coefficient (Wildman–Crippen LogP) is 1.60. The van der Waals surface area contributed by atoms with Gasteiger partial charge < -0.3 is 15.2 Å². The Morgan fingerprint density at radius 1 is 1.39 bits per heavy atom. The monoisotopic (exact) mass is 425 g/mol. The number of rotatable bonds is 6. The van der Waals surface area contributed by atoms with Crippen LogP contribution in [-0.4, -0.2) is 66.1 Å². The second-order valence-corrected chi connectivity index (χ2v) is 9.81. The average molecular weight is 426 g/mol. The lowest BCUT2D eigenvalue weighted by atomic mass is 9.99. The van der Waals surface area contributed by atoms with Gasteiger partial charge in [-0.15, -0.1) is 11.3 Å². The van der Waals surface area contributed by atoms with Crippen molar-refractivity contribution in [3.63, 3.8) is 0 Å². The Morgan fingerprint density at radius 3 is 2.75 bits per heavy atom. The van der Waals surface area contributed by atoms with Crippen molar-refractivity contribution in [1.82, 2.24) is 19.2 Å². The predicted molar refractivity (Wildman–Crippen MR) is 106 cm³/mol. The van der Waals surface area contributed by atoms with E-state index >= 15 is 0 Å². The summed E-state index contributed by atoms with van der Waals surface area (Å²) >= 11 is 1.24. The van der Waals surface area contributed by atoms with Gasteiger partial charge in [-0.05, 0) is 24.8 Å². The minimum atomic E-state index is -3.91. The van der Waals surface area contributed by atoms with Gasteiger partial charge in [-0.25, -0.2) is 13.4 Å². The smallest absolute Gasteiger partial charge is 0.270 e. The molecular weight excluding hydrogens is 402 g/mol. The van der Waals surface area contributed by atoms with Gasteiger partial charge >= 0.3 is 0 Å². The number of hydrogen-bond acceptors (Lipinski definition) is 6. The highest BCUT2D eigenvalue weighted by molar-refractivity contribution is 7.89. The number of aromatic nitrogens is 2. The average Bonchev–Trinajstić information content (AvgIpc) is 3.33. The molecule has 0 spiro atoms.